The highest BCUT2D eigenvalue weighted by Crippen LogP contribution is 2.29. The molecule has 1 N–H and O–H groups in total. The predicted molar refractivity (Wildman–Crippen MR) is 104 cm³/mol. The Labute approximate surface area is 167 Å². The van der Waals surface area contributed by atoms with Crippen LogP contribution in [0.25, 0.3) is 0 Å². The molecule has 0 unspecified atom stereocenters. The fourth-order valence-electron chi connectivity index (χ4n) is 3.19. The Morgan fingerprint density at radius 1 is 1.17 bits per heavy atom. The number of rotatable bonds is 5. The van der Waals surface area contributed by atoms with Crippen molar-refractivity contribution in [3.63, 3.8) is 0 Å². The average molecular weight is 408 g/mol. The molecule has 1 aromatic heterocycles. The molecular weight excluding hydrogens is 385 g/mol. The second-order valence-corrected chi connectivity index (χ2v) is 6.82. The van der Waals surface area contributed by atoms with Crippen molar-refractivity contribution in [1.29, 1.82) is 0 Å². The summed E-state index contributed by atoms with van der Waals surface area (Å²) in [4.78, 5) is 20.5. The molecule has 0 saturated carbocycles. The molecule has 1 aliphatic rings. The number of carbonyl (C=O) groups is 1. The van der Waals surface area contributed by atoms with Crippen LogP contribution in [0.15, 0.2) is 42.6 Å². The number of benzene rings is 1. The first kappa shape index (κ1) is 20.9. The Bertz CT molecular complexity index is 834. The van der Waals surface area contributed by atoms with E-state index >= 15 is 0 Å². The van der Waals surface area contributed by atoms with Gasteiger partial charge in [-0.1, -0.05) is 6.07 Å². The average Bonchev–Trinajstić information content (AvgIpc) is 2.73. The SMILES string of the molecule is COc1cccc(NC(=O)[C@@H](C)N2CCN(c3ccc(C(F)(F)F)cn3)CC2)c1. The highest BCUT2D eigenvalue weighted by atomic mass is 19.4. The largest absolute Gasteiger partial charge is 0.497 e. The number of hydrogen-bond donors (Lipinski definition) is 1. The van der Waals surface area contributed by atoms with Crippen LogP contribution in [0.2, 0.25) is 0 Å². The van der Waals surface area contributed by atoms with Crippen molar-refractivity contribution in [1.82, 2.24) is 9.88 Å². The van der Waals surface area contributed by atoms with Gasteiger partial charge in [-0.15, -0.1) is 0 Å². The minimum atomic E-state index is -4.39. The number of nitrogens with zero attached hydrogens (tertiary/aromatic N) is 3. The van der Waals surface area contributed by atoms with E-state index in [1.54, 1.807) is 31.4 Å². The number of nitrogens with one attached hydrogen (secondary N) is 1. The zero-order valence-corrected chi connectivity index (χ0v) is 16.2. The Balaban J connectivity index is 1.54. The molecular formula is C20H23F3N4O2. The molecule has 1 fully saturated rings. The second-order valence-electron chi connectivity index (χ2n) is 6.82. The van der Waals surface area contributed by atoms with Crippen molar-refractivity contribution in [3.8, 4) is 5.75 Å². The summed E-state index contributed by atoms with van der Waals surface area (Å²) in [7, 11) is 1.56. The highest BCUT2D eigenvalue weighted by molar-refractivity contribution is 5.94. The smallest absolute Gasteiger partial charge is 0.417 e. The van der Waals surface area contributed by atoms with Gasteiger partial charge < -0.3 is 15.0 Å². The molecule has 6 nitrogen and oxygen atoms in total. The van der Waals surface area contributed by atoms with E-state index in [4.69, 9.17) is 4.74 Å². The Hall–Kier alpha value is -2.81. The summed E-state index contributed by atoms with van der Waals surface area (Å²) in [5.74, 6) is 1.04. The number of halogens is 3. The van der Waals surface area contributed by atoms with E-state index in [9.17, 15) is 18.0 Å². The van der Waals surface area contributed by atoms with E-state index in [-0.39, 0.29) is 11.9 Å². The molecule has 0 aliphatic carbocycles. The minimum absolute atomic E-state index is 0.126. The highest BCUT2D eigenvalue weighted by Gasteiger charge is 2.31. The number of amides is 1. The number of piperazine rings is 1. The fourth-order valence-corrected chi connectivity index (χ4v) is 3.19. The van der Waals surface area contributed by atoms with Gasteiger partial charge in [0.1, 0.15) is 11.6 Å². The summed E-state index contributed by atoms with van der Waals surface area (Å²) in [5, 5.41) is 2.88. The van der Waals surface area contributed by atoms with Crippen LogP contribution >= 0.6 is 0 Å². The first-order valence-electron chi connectivity index (χ1n) is 9.25. The molecule has 2 heterocycles. The molecule has 9 heteroatoms. The van der Waals surface area contributed by atoms with Crippen LogP contribution in [0.1, 0.15) is 12.5 Å². The van der Waals surface area contributed by atoms with Crippen molar-refractivity contribution in [3.05, 3.63) is 48.2 Å². The predicted octanol–water partition coefficient (Wildman–Crippen LogP) is 3.26. The lowest BCUT2D eigenvalue weighted by molar-refractivity contribution is -0.137. The number of aromatic nitrogens is 1. The molecule has 0 bridgehead atoms. The summed E-state index contributed by atoms with van der Waals surface area (Å²) in [6.07, 6.45) is -3.54. The van der Waals surface area contributed by atoms with Gasteiger partial charge in [-0.2, -0.15) is 13.2 Å². The Morgan fingerprint density at radius 2 is 1.90 bits per heavy atom. The second kappa shape index (κ2) is 8.69. The fraction of sp³-hybridized carbons (Fsp3) is 0.400. The molecule has 1 saturated heterocycles. The molecule has 1 aromatic carbocycles. The minimum Gasteiger partial charge on any atom is -0.497 e. The van der Waals surface area contributed by atoms with E-state index < -0.39 is 11.7 Å². The maximum Gasteiger partial charge on any atom is 0.417 e. The lowest BCUT2D eigenvalue weighted by atomic mass is 10.2. The molecule has 1 aliphatic heterocycles. The van der Waals surface area contributed by atoms with Gasteiger partial charge in [0.05, 0.1) is 18.7 Å². The number of carbonyl (C=O) groups excluding carboxylic acids is 1. The molecule has 2 aromatic rings. The van der Waals surface area contributed by atoms with E-state index in [0.717, 1.165) is 12.3 Å². The first-order valence-corrected chi connectivity index (χ1v) is 9.25. The van der Waals surface area contributed by atoms with Crippen molar-refractivity contribution >= 4 is 17.4 Å². The summed E-state index contributed by atoms with van der Waals surface area (Å²) in [6.45, 7) is 4.20. The van der Waals surface area contributed by atoms with Crippen LogP contribution in [0, 0.1) is 0 Å². The molecule has 1 amide bonds. The lowest BCUT2D eigenvalue weighted by Crippen LogP contribution is -2.53. The summed E-state index contributed by atoms with van der Waals surface area (Å²) in [5.41, 5.74) is -0.100. The maximum atomic E-state index is 12.7. The van der Waals surface area contributed by atoms with Gasteiger partial charge in [0.15, 0.2) is 0 Å². The van der Waals surface area contributed by atoms with Crippen LogP contribution in [0.4, 0.5) is 24.7 Å². The van der Waals surface area contributed by atoms with Crippen molar-refractivity contribution in [2.45, 2.75) is 19.1 Å². The molecule has 1 atom stereocenters. The van der Waals surface area contributed by atoms with Crippen LogP contribution in [0.3, 0.4) is 0 Å². The number of hydrogen-bond acceptors (Lipinski definition) is 5. The molecule has 0 spiro atoms. The normalized spacial score (nSPS) is 16.4. The number of alkyl halides is 3. The maximum absolute atomic E-state index is 12.7. The van der Waals surface area contributed by atoms with Crippen LogP contribution in [-0.2, 0) is 11.0 Å². The summed E-state index contributed by atoms with van der Waals surface area (Å²) >= 11 is 0. The van der Waals surface area contributed by atoms with Gasteiger partial charge >= 0.3 is 6.18 Å². The van der Waals surface area contributed by atoms with Crippen LogP contribution < -0.4 is 15.0 Å². The van der Waals surface area contributed by atoms with Crippen molar-refractivity contribution in [2.24, 2.45) is 0 Å². The zero-order chi connectivity index (χ0) is 21.0. The van der Waals surface area contributed by atoms with Gasteiger partial charge in [-0.05, 0) is 31.2 Å². The number of methoxy groups -OCH3 is 1. The van der Waals surface area contributed by atoms with E-state index in [1.807, 2.05) is 16.7 Å². The molecule has 156 valence electrons. The van der Waals surface area contributed by atoms with Gasteiger partial charge in [0.25, 0.3) is 0 Å². The standard InChI is InChI=1S/C20H23F3N4O2/c1-14(19(28)25-16-4-3-5-17(12-16)29-2)26-8-10-27(11-9-26)18-7-6-15(13-24-18)20(21,22)23/h3-7,12-14H,8-11H2,1-2H3,(H,25,28)/t14-/m1/s1. The van der Waals surface area contributed by atoms with Gasteiger partial charge in [0, 0.05) is 44.1 Å². The van der Waals surface area contributed by atoms with Crippen LogP contribution in [-0.4, -0.2) is 55.1 Å². The van der Waals surface area contributed by atoms with E-state index in [0.29, 0.717) is 43.4 Å². The molecule has 29 heavy (non-hydrogen) atoms. The number of pyridine rings is 1. The summed E-state index contributed by atoms with van der Waals surface area (Å²) < 4.78 is 43.2. The number of anilines is 2. The van der Waals surface area contributed by atoms with Crippen molar-refractivity contribution < 1.29 is 22.7 Å². The van der Waals surface area contributed by atoms with Crippen LogP contribution in [0.5, 0.6) is 5.75 Å². The third-order valence-corrected chi connectivity index (χ3v) is 4.98. The zero-order valence-electron chi connectivity index (χ0n) is 16.2. The lowest BCUT2D eigenvalue weighted by Gasteiger charge is -2.38. The third-order valence-electron chi connectivity index (χ3n) is 4.98. The van der Waals surface area contributed by atoms with E-state index in [1.165, 1.54) is 6.07 Å². The monoisotopic (exact) mass is 408 g/mol. The molecule has 3 rings (SSSR count). The van der Waals surface area contributed by atoms with Gasteiger partial charge in [0.2, 0.25) is 5.91 Å². The molecule has 0 radical (unpaired) electrons. The summed E-state index contributed by atoms with van der Waals surface area (Å²) in [6, 6.07) is 9.22. The third kappa shape index (κ3) is 5.17. The quantitative estimate of drug-likeness (QED) is 0.823. The van der Waals surface area contributed by atoms with Crippen molar-refractivity contribution in [2.75, 3.05) is 43.5 Å². The Kier molecular flexibility index (Phi) is 6.26. The topological polar surface area (TPSA) is 57.7 Å². The number of ether oxygens (including phenoxy) is 1. The first-order chi connectivity index (χ1) is 13.8. The Morgan fingerprint density at radius 3 is 2.48 bits per heavy atom. The van der Waals surface area contributed by atoms with Gasteiger partial charge in [-0.25, -0.2) is 4.98 Å². The van der Waals surface area contributed by atoms with E-state index in [2.05, 4.69) is 10.3 Å². The van der Waals surface area contributed by atoms with Gasteiger partial charge in [-0.3, -0.25) is 9.69 Å².